The summed E-state index contributed by atoms with van der Waals surface area (Å²) in [5, 5.41) is 0. The first-order valence-corrected chi connectivity index (χ1v) is 9.08. The van der Waals surface area contributed by atoms with Crippen LogP contribution < -0.4 is 0 Å². The summed E-state index contributed by atoms with van der Waals surface area (Å²) in [4.78, 5) is 10.9. The van der Waals surface area contributed by atoms with Gasteiger partial charge in [-0.2, -0.15) is 0 Å². The Morgan fingerprint density at radius 1 is 0.818 bits per heavy atom. The van der Waals surface area contributed by atoms with E-state index in [1.54, 1.807) is 6.07 Å². The summed E-state index contributed by atoms with van der Waals surface area (Å²) >= 11 is 34.6. The van der Waals surface area contributed by atoms with Crippen LogP contribution in [0, 0.1) is 0 Å². The number of aryl methyl sites for hydroxylation is 2. The van der Waals surface area contributed by atoms with Crippen LogP contribution in [0.5, 0.6) is 0 Å². The molecule has 0 saturated carbocycles. The fourth-order valence-electron chi connectivity index (χ4n) is 2.15. The van der Waals surface area contributed by atoms with Crippen LogP contribution in [-0.2, 0) is 12.8 Å². The maximum atomic E-state index is 10.9. The smallest absolute Gasteiger partial charge is 0.190 e. The molecule has 0 spiro atoms. The van der Waals surface area contributed by atoms with Crippen molar-refractivity contribution in [2.75, 3.05) is 0 Å². The SMILES string of the molecule is O=Cc1ccc(CCCC(Cl)(Cl)Cl)c(CCCC(Cl)(Cl)Cl)c1. The molecule has 0 atom stereocenters. The molecule has 1 rings (SSSR count). The molecule has 0 aliphatic heterocycles. The first-order chi connectivity index (χ1) is 10.1. The highest BCUT2D eigenvalue weighted by Crippen LogP contribution is 2.33. The average molecular weight is 425 g/mol. The van der Waals surface area contributed by atoms with E-state index in [1.165, 1.54) is 0 Å². The van der Waals surface area contributed by atoms with E-state index in [4.69, 9.17) is 69.6 Å². The zero-order chi connectivity index (χ0) is 16.8. The quantitative estimate of drug-likeness (QED) is 0.344. The van der Waals surface area contributed by atoms with Gasteiger partial charge in [0.05, 0.1) is 0 Å². The lowest BCUT2D eigenvalue weighted by Gasteiger charge is -2.14. The van der Waals surface area contributed by atoms with Crippen molar-refractivity contribution in [2.45, 2.75) is 46.1 Å². The standard InChI is InChI=1S/C15H16Cl6O/c16-14(17,18)7-1-3-12-6-5-11(10-22)9-13(12)4-2-8-15(19,20)21/h5-6,9-10H,1-4,7-8H2. The molecular weight excluding hydrogens is 409 g/mol. The minimum Gasteiger partial charge on any atom is -0.298 e. The number of aldehydes is 1. The zero-order valence-corrected chi connectivity index (χ0v) is 16.3. The van der Waals surface area contributed by atoms with Crippen molar-refractivity contribution in [1.29, 1.82) is 0 Å². The lowest BCUT2D eigenvalue weighted by molar-refractivity contribution is 0.112. The van der Waals surface area contributed by atoms with Gasteiger partial charge in [-0.25, -0.2) is 0 Å². The molecule has 0 saturated heterocycles. The maximum absolute atomic E-state index is 10.9. The Balaban J connectivity index is 2.71. The third-order valence-corrected chi connectivity index (χ3v) is 4.31. The number of alkyl halides is 6. The lowest BCUT2D eigenvalue weighted by atomic mass is 9.96. The molecule has 1 nitrogen and oxygen atoms in total. The van der Waals surface area contributed by atoms with Crippen molar-refractivity contribution in [2.24, 2.45) is 0 Å². The Morgan fingerprint density at radius 3 is 1.77 bits per heavy atom. The number of benzene rings is 1. The molecule has 0 radical (unpaired) electrons. The fraction of sp³-hybridized carbons (Fsp3) is 0.533. The molecule has 0 bridgehead atoms. The number of hydrogen-bond donors (Lipinski definition) is 0. The second kappa shape index (κ2) is 9.20. The molecule has 124 valence electrons. The minimum absolute atomic E-state index is 0.455. The van der Waals surface area contributed by atoms with Crippen LogP contribution in [0.4, 0.5) is 0 Å². The topological polar surface area (TPSA) is 17.1 Å². The fourth-order valence-corrected chi connectivity index (χ4v) is 2.96. The van der Waals surface area contributed by atoms with Gasteiger partial charge in [-0.3, -0.25) is 4.79 Å². The number of halogens is 6. The first-order valence-electron chi connectivity index (χ1n) is 6.81. The monoisotopic (exact) mass is 422 g/mol. The molecule has 0 aromatic heterocycles. The van der Waals surface area contributed by atoms with Crippen LogP contribution in [0.25, 0.3) is 0 Å². The number of rotatable bonds is 7. The van der Waals surface area contributed by atoms with Gasteiger partial charge in [0.15, 0.2) is 7.59 Å². The van der Waals surface area contributed by atoms with E-state index >= 15 is 0 Å². The molecule has 0 amide bonds. The minimum atomic E-state index is -1.25. The largest absolute Gasteiger partial charge is 0.298 e. The Labute approximate surface area is 161 Å². The van der Waals surface area contributed by atoms with Gasteiger partial charge in [0.2, 0.25) is 0 Å². The van der Waals surface area contributed by atoms with Crippen molar-refractivity contribution >= 4 is 75.9 Å². The van der Waals surface area contributed by atoms with E-state index in [-0.39, 0.29) is 0 Å². The van der Waals surface area contributed by atoms with E-state index in [0.717, 1.165) is 43.1 Å². The zero-order valence-electron chi connectivity index (χ0n) is 11.7. The van der Waals surface area contributed by atoms with Crippen LogP contribution in [0.15, 0.2) is 18.2 Å². The molecule has 7 heteroatoms. The number of hydrogen-bond acceptors (Lipinski definition) is 1. The third kappa shape index (κ3) is 9.05. The molecular formula is C15H16Cl6O. The van der Waals surface area contributed by atoms with Crippen LogP contribution in [-0.4, -0.2) is 13.9 Å². The van der Waals surface area contributed by atoms with Gasteiger partial charge in [-0.15, -0.1) is 0 Å². The second-order valence-electron chi connectivity index (χ2n) is 5.08. The van der Waals surface area contributed by atoms with Gasteiger partial charge in [0, 0.05) is 5.56 Å². The Bertz CT molecular complexity index is 490. The molecule has 0 unspecified atom stereocenters. The molecule has 0 aliphatic rings. The van der Waals surface area contributed by atoms with Crippen molar-refractivity contribution < 1.29 is 4.79 Å². The van der Waals surface area contributed by atoms with E-state index in [2.05, 4.69) is 0 Å². The summed E-state index contributed by atoms with van der Waals surface area (Å²) < 4.78 is -2.49. The van der Waals surface area contributed by atoms with E-state index in [0.29, 0.717) is 18.4 Å². The van der Waals surface area contributed by atoms with Gasteiger partial charge in [-0.1, -0.05) is 81.7 Å². The molecule has 0 fully saturated rings. The molecule has 0 heterocycles. The van der Waals surface area contributed by atoms with Crippen LogP contribution in [0.1, 0.15) is 47.2 Å². The highest BCUT2D eigenvalue weighted by atomic mass is 35.6. The summed E-state index contributed by atoms with van der Waals surface area (Å²) in [5.74, 6) is 0. The molecule has 1 aromatic carbocycles. The highest BCUT2D eigenvalue weighted by molar-refractivity contribution is 6.67. The van der Waals surface area contributed by atoms with Crippen LogP contribution >= 0.6 is 69.6 Å². The van der Waals surface area contributed by atoms with Gasteiger partial charge < -0.3 is 0 Å². The van der Waals surface area contributed by atoms with Crippen LogP contribution in [0.2, 0.25) is 0 Å². The summed E-state index contributed by atoms with van der Waals surface area (Å²) in [6.45, 7) is 0. The van der Waals surface area contributed by atoms with Crippen molar-refractivity contribution in [3.8, 4) is 0 Å². The summed E-state index contributed by atoms with van der Waals surface area (Å²) in [5.41, 5.74) is 2.83. The van der Waals surface area contributed by atoms with Crippen molar-refractivity contribution in [3.63, 3.8) is 0 Å². The van der Waals surface area contributed by atoms with Gasteiger partial charge >= 0.3 is 0 Å². The molecule has 0 N–H and O–H groups in total. The first kappa shape index (κ1) is 20.7. The predicted octanol–water partition coefficient (Wildman–Crippen LogP) is 6.88. The number of carbonyl (C=O) groups is 1. The molecule has 0 aliphatic carbocycles. The Hall–Kier alpha value is 0.630. The molecule has 22 heavy (non-hydrogen) atoms. The third-order valence-electron chi connectivity index (χ3n) is 3.18. The van der Waals surface area contributed by atoms with Gasteiger partial charge in [0.25, 0.3) is 0 Å². The summed E-state index contributed by atoms with van der Waals surface area (Å²) in [7, 11) is 0. The van der Waals surface area contributed by atoms with E-state index in [1.807, 2.05) is 12.1 Å². The second-order valence-corrected chi connectivity index (χ2v) is 10.1. The maximum Gasteiger partial charge on any atom is 0.190 e. The van der Waals surface area contributed by atoms with Crippen molar-refractivity contribution in [3.05, 3.63) is 34.9 Å². The van der Waals surface area contributed by atoms with E-state index in [9.17, 15) is 4.79 Å². The normalized spacial score (nSPS) is 12.5. The molecule has 1 aromatic rings. The van der Waals surface area contributed by atoms with Crippen LogP contribution in [0.3, 0.4) is 0 Å². The average Bonchev–Trinajstić information content (AvgIpc) is 2.37. The highest BCUT2D eigenvalue weighted by Gasteiger charge is 2.20. The van der Waals surface area contributed by atoms with Crippen molar-refractivity contribution in [1.82, 2.24) is 0 Å². The Kier molecular flexibility index (Phi) is 8.65. The van der Waals surface area contributed by atoms with Gasteiger partial charge in [0.1, 0.15) is 6.29 Å². The Morgan fingerprint density at radius 2 is 1.32 bits per heavy atom. The summed E-state index contributed by atoms with van der Waals surface area (Å²) in [6, 6.07) is 5.60. The lowest BCUT2D eigenvalue weighted by Crippen LogP contribution is -2.05. The van der Waals surface area contributed by atoms with E-state index < -0.39 is 7.59 Å². The van der Waals surface area contributed by atoms with Gasteiger partial charge in [-0.05, 0) is 55.7 Å². The summed E-state index contributed by atoms with van der Waals surface area (Å²) in [6.07, 6.45) is 4.72. The predicted molar refractivity (Wildman–Crippen MR) is 98.3 cm³/mol. The number of carbonyl (C=O) groups excluding carboxylic acids is 1.